The summed E-state index contributed by atoms with van der Waals surface area (Å²) in [4.78, 5) is 22.5. The minimum Gasteiger partial charge on any atom is -0.491 e. The fourth-order valence-corrected chi connectivity index (χ4v) is 5.12. The van der Waals surface area contributed by atoms with Gasteiger partial charge < -0.3 is 26.0 Å². The Morgan fingerprint density at radius 1 is 1.15 bits per heavy atom. The number of piperidine rings is 1. The summed E-state index contributed by atoms with van der Waals surface area (Å²) in [5.41, 5.74) is 8.43. The Labute approximate surface area is 230 Å². The zero-order valence-corrected chi connectivity index (χ0v) is 22.7. The second-order valence-electron chi connectivity index (χ2n) is 10.4. The zero-order valence-electron chi connectivity index (χ0n) is 22.7. The fourth-order valence-electron chi connectivity index (χ4n) is 5.12. The number of nitrogens with two attached hydrogens (primary N) is 1. The molecule has 3 atom stereocenters. The number of ether oxygens (including phenoxy) is 1. The normalized spacial score (nSPS) is 19.2. The van der Waals surface area contributed by atoms with Crippen LogP contribution in [0.4, 0.5) is 26.1 Å². The number of carbonyl (C=O) groups excluding carboxylic acids is 1. The van der Waals surface area contributed by atoms with Crippen LogP contribution < -0.4 is 26.0 Å². The van der Waals surface area contributed by atoms with Crippen molar-refractivity contribution in [3.05, 3.63) is 60.6 Å². The molecule has 4 N–H and O–H groups in total. The van der Waals surface area contributed by atoms with E-state index in [1.807, 2.05) is 13.0 Å². The molecule has 0 saturated carbocycles. The first-order valence-electron chi connectivity index (χ1n) is 13.1. The smallest absolute Gasteiger partial charge is 0.229 e. The van der Waals surface area contributed by atoms with Crippen LogP contribution in [0.25, 0.3) is 16.8 Å². The molecular weight excluding hydrogens is 518 g/mol. The van der Waals surface area contributed by atoms with Gasteiger partial charge in [0.1, 0.15) is 17.4 Å². The van der Waals surface area contributed by atoms with Gasteiger partial charge in [-0.25, -0.2) is 13.8 Å². The first kappa shape index (κ1) is 27.3. The molecule has 0 spiro atoms. The third-order valence-corrected chi connectivity index (χ3v) is 6.80. The molecule has 0 unspecified atom stereocenters. The highest BCUT2D eigenvalue weighted by Crippen LogP contribution is 2.33. The molecule has 5 rings (SSSR count). The van der Waals surface area contributed by atoms with E-state index < -0.39 is 11.6 Å². The minimum atomic E-state index is -0.778. The lowest BCUT2D eigenvalue weighted by molar-refractivity contribution is -0.120. The number of benzene rings is 1. The molecule has 1 aliphatic rings. The number of hydrogen-bond donors (Lipinski definition) is 3. The Hall–Kier alpha value is -4.32. The number of aromatic nitrogens is 4. The molecule has 0 radical (unpaired) electrons. The molecule has 40 heavy (non-hydrogen) atoms. The van der Waals surface area contributed by atoms with Gasteiger partial charge in [-0.1, -0.05) is 6.92 Å². The molecule has 1 fully saturated rings. The molecule has 0 aliphatic carbocycles. The molecule has 1 amide bonds. The van der Waals surface area contributed by atoms with Crippen molar-refractivity contribution in [3.63, 3.8) is 0 Å². The second kappa shape index (κ2) is 11.0. The topological polar surface area (TPSA) is 123 Å². The second-order valence-corrected chi connectivity index (χ2v) is 10.4. The molecule has 4 aromatic rings. The Kier molecular flexibility index (Phi) is 7.53. The van der Waals surface area contributed by atoms with Gasteiger partial charge >= 0.3 is 0 Å². The number of carbonyl (C=O) groups is 1. The lowest BCUT2D eigenvalue weighted by Gasteiger charge is -2.42. The minimum absolute atomic E-state index is 0.103. The standard InChI is InChI=1S/C28H32F2N8O2/c1-15(2)40-19-9-20(29)26(21(30)10-19)23-6-5-18-11-33-28(38(18)36-23)35-24-12-32-8-7-25(24)37-13-16(3)27(22(31)14-37)34-17(4)39/h5-12,15-16,22,27H,13-14,31H2,1-4H3,(H,33,35)(H,34,39)/t16-,22+,27-/m0/s1. The van der Waals surface area contributed by atoms with E-state index in [0.29, 0.717) is 30.2 Å². The molecule has 4 heterocycles. The molecule has 1 aliphatic heterocycles. The van der Waals surface area contributed by atoms with Crippen LogP contribution in [0.5, 0.6) is 5.75 Å². The van der Waals surface area contributed by atoms with Crippen molar-refractivity contribution < 1.29 is 18.3 Å². The number of nitrogens with zero attached hydrogens (tertiary/aromatic N) is 5. The van der Waals surface area contributed by atoms with Crippen molar-refractivity contribution >= 4 is 28.7 Å². The SMILES string of the molecule is CC(=O)N[C@@H]1[C@H](N)CN(c2ccncc2Nc2ncc3ccc(-c4c(F)cc(OC(C)C)cc4F)nn23)C[C@@H]1C. The number of hydrogen-bond acceptors (Lipinski definition) is 8. The van der Waals surface area contributed by atoms with Crippen LogP contribution >= 0.6 is 0 Å². The lowest BCUT2D eigenvalue weighted by Crippen LogP contribution is -2.61. The van der Waals surface area contributed by atoms with Crippen LogP contribution in [0.2, 0.25) is 0 Å². The number of amides is 1. The first-order valence-corrected chi connectivity index (χ1v) is 13.1. The van der Waals surface area contributed by atoms with E-state index in [9.17, 15) is 13.6 Å². The van der Waals surface area contributed by atoms with E-state index >= 15 is 0 Å². The van der Waals surface area contributed by atoms with Gasteiger partial charge in [-0.05, 0) is 38.0 Å². The summed E-state index contributed by atoms with van der Waals surface area (Å²) in [6.45, 7) is 8.29. The number of anilines is 3. The summed E-state index contributed by atoms with van der Waals surface area (Å²) in [6.07, 6.45) is 4.75. The van der Waals surface area contributed by atoms with Crippen LogP contribution in [0.3, 0.4) is 0 Å². The van der Waals surface area contributed by atoms with Crippen LogP contribution in [0.15, 0.2) is 48.9 Å². The molecule has 12 heteroatoms. The highest BCUT2D eigenvalue weighted by Gasteiger charge is 2.34. The predicted octanol–water partition coefficient (Wildman–Crippen LogP) is 3.89. The van der Waals surface area contributed by atoms with Crippen molar-refractivity contribution in [1.29, 1.82) is 0 Å². The predicted molar refractivity (Wildman–Crippen MR) is 149 cm³/mol. The average molecular weight is 551 g/mol. The molecule has 210 valence electrons. The van der Waals surface area contributed by atoms with E-state index in [-0.39, 0.29) is 47.0 Å². The molecule has 1 saturated heterocycles. The van der Waals surface area contributed by atoms with Crippen LogP contribution in [0.1, 0.15) is 27.7 Å². The Balaban J connectivity index is 1.44. The van der Waals surface area contributed by atoms with Gasteiger partial charge in [0, 0.05) is 50.4 Å². The molecular formula is C28H32F2N8O2. The largest absolute Gasteiger partial charge is 0.491 e. The van der Waals surface area contributed by atoms with Gasteiger partial charge in [0.25, 0.3) is 0 Å². The average Bonchev–Trinajstić information content (AvgIpc) is 3.27. The van der Waals surface area contributed by atoms with Crippen molar-refractivity contribution in [2.75, 3.05) is 23.3 Å². The van der Waals surface area contributed by atoms with E-state index in [2.05, 4.69) is 30.6 Å². The molecule has 0 bridgehead atoms. The number of halogens is 2. The quantitative estimate of drug-likeness (QED) is 0.317. The first-order chi connectivity index (χ1) is 19.1. The van der Waals surface area contributed by atoms with E-state index in [1.54, 1.807) is 44.6 Å². The van der Waals surface area contributed by atoms with Gasteiger partial charge in [0.2, 0.25) is 11.9 Å². The van der Waals surface area contributed by atoms with Gasteiger partial charge in [-0.3, -0.25) is 9.78 Å². The number of rotatable bonds is 7. The number of nitrogens with one attached hydrogen (secondary N) is 2. The van der Waals surface area contributed by atoms with E-state index in [1.165, 1.54) is 11.4 Å². The van der Waals surface area contributed by atoms with Crippen LogP contribution in [-0.2, 0) is 4.79 Å². The van der Waals surface area contributed by atoms with Gasteiger partial charge in [0.05, 0.1) is 46.6 Å². The summed E-state index contributed by atoms with van der Waals surface area (Å²) >= 11 is 0. The van der Waals surface area contributed by atoms with Gasteiger partial charge in [-0.2, -0.15) is 9.61 Å². The summed E-state index contributed by atoms with van der Waals surface area (Å²) in [5, 5.41) is 10.7. The number of pyridine rings is 1. The number of fused-ring (bicyclic) bond motifs is 1. The lowest BCUT2D eigenvalue weighted by atomic mass is 9.89. The highest BCUT2D eigenvalue weighted by molar-refractivity contribution is 5.75. The van der Waals surface area contributed by atoms with Crippen molar-refractivity contribution in [2.45, 2.75) is 45.9 Å². The van der Waals surface area contributed by atoms with Crippen LogP contribution in [0, 0.1) is 17.6 Å². The fraction of sp³-hybridized carbons (Fsp3) is 0.357. The van der Waals surface area contributed by atoms with Crippen molar-refractivity contribution in [2.24, 2.45) is 11.7 Å². The molecule has 3 aromatic heterocycles. The third kappa shape index (κ3) is 5.53. The van der Waals surface area contributed by atoms with Gasteiger partial charge in [-0.15, -0.1) is 0 Å². The highest BCUT2D eigenvalue weighted by atomic mass is 19.1. The summed E-state index contributed by atoms with van der Waals surface area (Å²) < 4.78 is 36.9. The zero-order chi connectivity index (χ0) is 28.6. The van der Waals surface area contributed by atoms with E-state index in [0.717, 1.165) is 17.8 Å². The monoisotopic (exact) mass is 550 g/mol. The van der Waals surface area contributed by atoms with Crippen molar-refractivity contribution in [3.8, 4) is 17.0 Å². The summed E-state index contributed by atoms with van der Waals surface area (Å²) in [6, 6.07) is 7.02. The maximum absolute atomic E-state index is 15.0. The van der Waals surface area contributed by atoms with E-state index in [4.69, 9.17) is 10.5 Å². The molecule has 1 aromatic carbocycles. The summed E-state index contributed by atoms with van der Waals surface area (Å²) in [7, 11) is 0. The maximum Gasteiger partial charge on any atom is 0.229 e. The summed E-state index contributed by atoms with van der Waals surface area (Å²) in [5.74, 6) is -1.10. The Morgan fingerprint density at radius 2 is 1.90 bits per heavy atom. The number of imidazole rings is 1. The van der Waals surface area contributed by atoms with Crippen molar-refractivity contribution in [1.82, 2.24) is 24.9 Å². The van der Waals surface area contributed by atoms with Crippen LogP contribution in [-0.4, -0.2) is 56.8 Å². The van der Waals surface area contributed by atoms with Gasteiger partial charge in [0.15, 0.2) is 0 Å². The Morgan fingerprint density at radius 3 is 2.58 bits per heavy atom. The molecule has 10 nitrogen and oxygen atoms in total. The maximum atomic E-state index is 15.0. The third-order valence-electron chi connectivity index (χ3n) is 6.80. The Bertz CT molecular complexity index is 1510.